The first kappa shape index (κ1) is 14.3. The van der Waals surface area contributed by atoms with E-state index in [-0.39, 0.29) is 0 Å². The SMILES string of the molecule is CCC1CCN(C2CCCCCC2)CC(C)CN1. The van der Waals surface area contributed by atoms with Gasteiger partial charge in [0.1, 0.15) is 0 Å². The third-order valence-corrected chi connectivity index (χ3v) is 4.90. The monoisotopic (exact) mass is 252 g/mol. The van der Waals surface area contributed by atoms with E-state index in [0.29, 0.717) is 0 Å². The van der Waals surface area contributed by atoms with Crippen LogP contribution in [0.5, 0.6) is 0 Å². The molecular formula is C16H32N2. The largest absolute Gasteiger partial charge is 0.314 e. The predicted octanol–water partition coefficient (Wildman–Crippen LogP) is 3.42. The summed E-state index contributed by atoms with van der Waals surface area (Å²) < 4.78 is 0. The summed E-state index contributed by atoms with van der Waals surface area (Å²) in [5.74, 6) is 0.808. The molecule has 2 fully saturated rings. The lowest BCUT2D eigenvalue weighted by Crippen LogP contribution is -2.47. The summed E-state index contributed by atoms with van der Waals surface area (Å²) in [6, 6.07) is 1.64. The molecule has 1 heterocycles. The summed E-state index contributed by atoms with van der Waals surface area (Å²) in [4.78, 5) is 2.83. The topological polar surface area (TPSA) is 15.3 Å². The van der Waals surface area contributed by atoms with Crippen LogP contribution in [-0.4, -0.2) is 36.6 Å². The van der Waals surface area contributed by atoms with E-state index in [4.69, 9.17) is 0 Å². The molecule has 2 atom stereocenters. The molecule has 2 heteroatoms. The zero-order valence-corrected chi connectivity index (χ0v) is 12.5. The van der Waals surface area contributed by atoms with E-state index in [1.54, 1.807) is 0 Å². The fourth-order valence-corrected chi connectivity index (χ4v) is 3.65. The second-order valence-corrected chi connectivity index (χ2v) is 6.55. The average molecular weight is 252 g/mol. The molecule has 0 bridgehead atoms. The van der Waals surface area contributed by atoms with Crippen molar-refractivity contribution >= 4 is 0 Å². The third-order valence-electron chi connectivity index (χ3n) is 4.90. The van der Waals surface area contributed by atoms with Crippen LogP contribution in [0.1, 0.15) is 65.2 Å². The van der Waals surface area contributed by atoms with Gasteiger partial charge in [-0.05, 0) is 44.7 Å². The van der Waals surface area contributed by atoms with Crippen molar-refractivity contribution in [3.05, 3.63) is 0 Å². The van der Waals surface area contributed by atoms with Crippen LogP contribution >= 0.6 is 0 Å². The molecule has 2 aliphatic rings. The van der Waals surface area contributed by atoms with Gasteiger partial charge in [-0.3, -0.25) is 0 Å². The van der Waals surface area contributed by atoms with Crippen molar-refractivity contribution in [2.45, 2.75) is 77.3 Å². The van der Waals surface area contributed by atoms with Gasteiger partial charge in [-0.25, -0.2) is 0 Å². The first-order valence-corrected chi connectivity index (χ1v) is 8.27. The molecule has 1 saturated heterocycles. The molecule has 0 aromatic rings. The molecule has 18 heavy (non-hydrogen) atoms. The van der Waals surface area contributed by atoms with Crippen molar-refractivity contribution in [1.82, 2.24) is 10.2 Å². The molecule has 1 aliphatic heterocycles. The van der Waals surface area contributed by atoms with Gasteiger partial charge >= 0.3 is 0 Å². The van der Waals surface area contributed by atoms with Gasteiger partial charge in [0.15, 0.2) is 0 Å². The summed E-state index contributed by atoms with van der Waals surface area (Å²) in [5.41, 5.74) is 0. The quantitative estimate of drug-likeness (QED) is 0.758. The Morgan fingerprint density at radius 1 is 1.06 bits per heavy atom. The summed E-state index contributed by atoms with van der Waals surface area (Å²) >= 11 is 0. The van der Waals surface area contributed by atoms with Crippen molar-refractivity contribution in [1.29, 1.82) is 0 Å². The Morgan fingerprint density at radius 2 is 1.78 bits per heavy atom. The molecule has 1 N–H and O–H groups in total. The molecule has 1 saturated carbocycles. The minimum Gasteiger partial charge on any atom is -0.314 e. The van der Waals surface area contributed by atoms with Crippen LogP contribution in [0, 0.1) is 5.92 Å². The smallest absolute Gasteiger partial charge is 0.00953 e. The standard InChI is InChI=1S/C16H32N2/c1-3-15-10-11-18(13-14(2)12-17-15)16-8-6-4-5-7-9-16/h14-17H,3-13H2,1-2H3. The van der Waals surface area contributed by atoms with Gasteiger partial charge < -0.3 is 10.2 Å². The van der Waals surface area contributed by atoms with E-state index in [1.165, 1.54) is 71.0 Å². The molecule has 0 spiro atoms. The highest BCUT2D eigenvalue weighted by Crippen LogP contribution is 2.24. The van der Waals surface area contributed by atoms with Crippen molar-refractivity contribution in [3.8, 4) is 0 Å². The lowest BCUT2D eigenvalue weighted by atomic mass is 10.00. The molecular weight excluding hydrogens is 220 g/mol. The highest BCUT2D eigenvalue weighted by Gasteiger charge is 2.24. The third kappa shape index (κ3) is 4.24. The Morgan fingerprint density at radius 3 is 2.44 bits per heavy atom. The summed E-state index contributed by atoms with van der Waals surface area (Å²) in [7, 11) is 0. The minimum absolute atomic E-state index is 0.751. The van der Waals surface area contributed by atoms with Crippen LogP contribution in [0.3, 0.4) is 0 Å². The maximum Gasteiger partial charge on any atom is 0.00953 e. The highest BCUT2D eigenvalue weighted by atomic mass is 15.2. The second-order valence-electron chi connectivity index (χ2n) is 6.55. The minimum atomic E-state index is 0.751. The fraction of sp³-hybridized carbons (Fsp3) is 1.00. The zero-order chi connectivity index (χ0) is 12.8. The van der Waals surface area contributed by atoms with Gasteiger partial charge in [-0.1, -0.05) is 39.5 Å². The summed E-state index contributed by atoms with van der Waals surface area (Å²) in [6.45, 7) is 8.57. The molecule has 0 aromatic carbocycles. The molecule has 2 nitrogen and oxygen atoms in total. The number of nitrogens with zero attached hydrogens (tertiary/aromatic N) is 1. The van der Waals surface area contributed by atoms with Gasteiger partial charge in [-0.2, -0.15) is 0 Å². The first-order valence-electron chi connectivity index (χ1n) is 8.27. The normalized spacial score (nSPS) is 33.7. The lowest BCUT2D eigenvalue weighted by Gasteiger charge is -2.37. The maximum absolute atomic E-state index is 3.73. The van der Waals surface area contributed by atoms with Crippen LogP contribution in [0.2, 0.25) is 0 Å². The van der Waals surface area contributed by atoms with E-state index in [9.17, 15) is 0 Å². The predicted molar refractivity (Wildman–Crippen MR) is 78.9 cm³/mol. The highest BCUT2D eigenvalue weighted by molar-refractivity contribution is 4.81. The van der Waals surface area contributed by atoms with Crippen molar-refractivity contribution < 1.29 is 0 Å². The van der Waals surface area contributed by atoms with Gasteiger partial charge in [0.2, 0.25) is 0 Å². The van der Waals surface area contributed by atoms with Gasteiger partial charge in [0.05, 0.1) is 0 Å². The van der Waals surface area contributed by atoms with E-state index in [2.05, 4.69) is 24.1 Å². The number of hydrogen-bond donors (Lipinski definition) is 1. The second kappa shape index (κ2) is 7.49. The Hall–Kier alpha value is -0.0800. The van der Waals surface area contributed by atoms with Crippen LogP contribution in [0.4, 0.5) is 0 Å². The zero-order valence-electron chi connectivity index (χ0n) is 12.5. The van der Waals surface area contributed by atoms with Crippen LogP contribution in [0.25, 0.3) is 0 Å². The van der Waals surface area contributed by atoms with Crippen LogP contribution in [-0.2, 0) is 0 Å². The van der Waals surface area contributed by atoms with Crippen LogP contribution in [0.15, 0.2) is 0 Å². The summed E-state index contributed by atoms with van der Waals surface area (Å²) in [6.07, 6.45) is 11.4. The molecule has 1 aliphatic carbocycles. The first-order chi connectivity index (χ1) is 8.79. The number of rotatable bonds is 2. The number of hydrogen-bond acceptors (Lipinski definition) is 2. The van der Waals surface area contributed by atoms with Gasteiger partial charge in [0, 0.05) is 18.6 Å². The van der Waals surface area contributed by atoms with Gasteiger partial charge in [0.25, 0.3) is 0 Å². The molecule has 2 rings (SSSR count). The molecule has 0 aromatic heterocycles. The molecule has 0 radical (unpaired) electrons. The maximum atomic E-state index is 3.73. The Balaban J connectivity index is 1.91. The van der Waals surface area contributed by atoms with Crippen molar-refractivity contribution in [2.24, 2.45) is 5.92 Å². The van der Waals surface area contributed by atoms with Crippen molar-refractivity contribution in [2.75, 3.05) is 19.6 Å². The van der Waals surface area contributed by atoms with Crippen LogP contribution < -0.4 is 5.32 Å². The Labute approximate surface area is 114 Å². The van der Waals surface area contributed by atoms with E-state index in [0.717, 1.165) is 18.0 Å². The molecule has 106 valence electrons. The fourth-order valence-electron chi connectivity index (χ4n) is 3.65. The van der Waals surface area contributed by atoms with Crippen molar-refractivity contribution in [3.63, 3.8) is 0 Å². The van der Waals surface area contributed by atoms with E-state index < -0.39 is 0 Å². The Kier molecular flexibility index (Phi) is 5.97. The molecule has 2 unspecified atom stereocenters. The Bertz CT molecular complexity index is 221. The lowest BCUT2D eigenvalue weighted by molar-refractivity contribution is 0.132. The summed E-state index contributed by atoms with van der Waals surface area (Å²) in [5, 5.41) is 3.73. The van der Waals surface area contributed by atoms with E-state index in [1.807, 2.05) is 0 Å². The number of nitrogens with one attached hydrogen (secondary N) is 1. The average Bonchev–Trinajstić information content (AvgIpc) is 2.63. The van der Waals surface area contributed by atoms with Gasteiger partial charge in [-0.15, -0.1) is 0 Å². The van der Waals surface area contributed by atoms with E-state index >= 15 is 0 Å². The molecule has 0 amide bonds.